The first-order valence-corrected chi connectivity index (χ1v) is 8.17. The Labute approximate surface area is 127 Å². The second kappa shape index (κ2) is 4.96. The highest BCUT2D eigenvalue weighted by Crippen LogP contribution is 2.36. The molecule has 0 aromatic carbocycles. The number of rotatable bonds is 3. The maximum absolute atomic E-state index is 12.4. The van der Waals surface area contributed by atoms with Crippen LogP contribution in [0.3, 0.4) is 0 Å². The highest BCUT2D eigenvalue weighted by molar-refractivity contribution is 7.09. The monoisotopic (exact) mass is 302 g/mol. The van der Waals surface area contributed by atoms with E-state index in [2.05, 4.69) is 27.5 Å². The van der Waals surface area contributed by atoms with Crippen molar-refractivity contribution in [1.29, 1.82) is 0 Å². The SMILES string of the molecule is Cn1cc(N2C(=O)C[C@@H]3[C@H]2CCN3Cc2cccs2)cn1. The van der Waals surface area contributed by atoms with Crippen molar-refractivity contribution in [3.05, 3.63) is 34.8 Å². The Morgan fingerprint density at radius 1 is 1.43 bits per heavy atom. The van der Waals surface area contributed by atoms with Gasteiger partial charge >= 0.3 is 0 Å². The van der Waals surface area contributed by atoms with Crippen molar-refractivity contribution in [2.24, 2.45) is 7.05 Å². The summed E-state index contributed by atoms with van der Waals surface area (Å²) in [6.45, 7) is 2.03. The van der Waals surface area contributed by atoms with Crippen molar-refractivity contribution in [2.45, 2.75) is 31.5 Å². The molecule has 0 saturated carbocycles. The standard InChI is InChI=1S/C15H18N4OS/c1-17-9-11(8-16-17)19-13-4-5-18(14(13)7-15(19)20)10-12-3-2-6-21-12/h2-3,6,8-9,13-14H,4-5,7,10H2,1H3/t13-,14-/m1/s1. The van der Waals surface area contributed by atoms with Gasteiger partial charge in [0, 0.05) is 43.7 Å². The third-order valence-electron chi connectivity index (χ3n) is 4.52. The van der Waals surface area contributed by atoms with Crippen LogP contribution in [0.2, 0.25) is 0 Å². The summed E-state index contributed by atoms with van der Waals surface area (Å²) < 4.78 is 1.76. The van der Waals surface area contributed by atoms with Crippen molar-refractivity contribution in [1.82, 2.24) is 14.7 Å². The van der Waals surface area contributed by atoms with E-state index < -0.39 is 0 Å². The van der Waals surface area contributed by atoms with Gasteiger partial charge in [0.25, 0.3) is 0 Å². The molecule has 0 bridgehead atoms. The van der Waals surface area contributed by atoms with Crippen LogP contribution < -0.4 is 4.90 Å². The Morgan fingerprint density at radius 2 is 2.33 bits per heavy atom. The molecule has 0 spiro atoms. The molecule has 5 nitrogen and oxygen atoms in total. The van der Waals surface area contributed by atoms with Gasteiger partial charge in [0.05, 0.1) is 17.9 Å². The fourth-order valence-corrected chi connectivity index (χ4v) is 4.32. The highest BCUT2D eigenvalue weighted by Gasteiger charge is 2.47. The van der Waals surface area contributed by atoms with Crippen LogP contribution in [-0.2, 0) is 18.4 Å². The minimum atomic E-state index is 0.230. The Kier molecular flexibility index (Phi) is 3.08. The molecule has 0 radical (unpaired) electrons. The quantitative estimate of drug-likeness (QED) is 0.869. The second-order valence-corrected chi connectivity index (χ2v) is 6.85. The smallest absolute Gasteiger partial charge is 0.229 e. The van der Waals surface area contributed by atoms with Gasteiger partial charge < -0.3 is 4.90 Å². The van der Waals surface area contributed by atoms with Crippen molar-refractivity contribution in [2.75, 3.05) is 11.4 Å². The Bertz CT molecular complexity index is 650. The number of amides is 1. The highest BCUT2D eigenvalue weighted by atomic mass is 32.1. The molecule has 110 valence electrons. The number of hydrogen-bond acceptors (Lipinski definition) is 4. The minimum Gasteiger partial charge on any atom is -0.305 e. The molecule has 4 heterocycles. The number of fused-ring (bicyclic) bond motifs is 1. The number of hydrogen-bond donors (Lipinski definition) is 0. The van der Waals surface area contributed by atoms with E-state index in [-0.39, 0.29) is 5.91 Å². The first-order chi connectivity index (χ1) is 10.2. The molecule has 2 atom stereocenters. The lowest BCUT2D eigenvalue weighted by Gasteiger charge is -2.24. The molecule has 2 aliphatic heterocycles. The first-order valence-electron chi connectivity index (χ1n) is 7.29. The van der Waals surface area contributed by atoms with Crippen molar-refractivity contribution < 1.29 is 4.79 Å². The van der Waals surface area contributed by atoms with E-state index in [1.54, 1.807) is 22.2 Å². The van der Waals surface area contributed by atoms with Crippen LogP contribution >= 0.6 is 11.3 Å². The summed E-state index contributed by atoms with van der Waals surface area (Å²) in [6.07, 6.45) is 5.41. The van der Waals surface area contributed by atoms with Crippen LogP contribution in [-0.4, -0.2) is 39.2 Å². The molecule has 0 N–H and O–H groups in total. The van der Waals surface area contributed by atoms with Crippen LogP contribution in [0.15, 0.2) is 29.9 Å². The van der Waals surface area contributed by atoms with Crippen molar-refractivity contribution in [3.8, 4) is 0 Å². The third kappa shape index (κ3) is 2.18. The molecule has 6 heteroatoms. The largest absolute Gasteiger partial charge is 0.305 e. The van der Waals surface area contributed by atoms with Gasteiger partial charge in [-0.1, -0.05) is 6.07 Å². The molecule has 21 heavy (non-hydrogen) atoms. The molecule has 4 rings (SSSR count). The zero-order chi connectivity index (χ0) is 14.4. The summed E-state index contributed by atoms with van der Waals surface area (Å²) in [5, 5.41) is 6.32. The van der Waals surface area contributed by atoms with Gasteiger partial charge in [-0.25, -0.2) is 0 Å². The van der Waals surface area contributed by atoms with Gasteiger partial charge in [-0.2, -0.15) is 5.10 Å². The first kappa shape index (κ1) is 13.0. The fraction of sp³-hybridized carbons (Fsp3) is 0.467. The van der Waals surface area contributed by atoms with Crippen LogP contribution in [0.5, 0.6) is 0 Å². The van der Waals surface area contributed by atoms with E-state index in [4.69, 9.17) is 0 Å². The van der Waals surface area contributed by atoms with Crippen molar-refractivity contribution in [3.63, 3.8) is 0 Å². The van der Waals surface area contributed by atoms with Gasteiger partial charge in [0.1, 0.15) is 0 Å². The van der Waals surface area contributed by atoms with E-state index in [9.17, 15) is 4.79 Å². The Balaban J connectivity index is 1.55. The predicted octanol–water partition coefficient (Wildman–Crippen LogP) is 1.86. The topological polar surface area (TPSA) is 41.4 Å². The Hall–Kier alpha value is -1.66. The number of nitrogens with zero attached hydrogens (tertiary/aromatic N) is 4. The van der Waals surface area contributed by atoms with E-state index in [1.807, 2.05) is 18.1 Å². The van der Waals surface area contributed by atoms with E-state index >= 15 is 0 Å². The number of anilines is 1. The Morgan fingerprint density at radius 3 is 3.05 bits per heavy atom. The molecular weight excluding hydrogens is 284 g/mol. The average Bonchev–Trinajstić information content (AvgIpc) is 3.18. The second-order valence-electron chi connectivity index (χ2n) is 5.81. The lowest BCUT2D eigenvalue weighted by atomic mass is 10.1. The minimum absolute atomic E-state index is 0.230. The number of aromatic nitrogens is 2. The van der Waals surface area contributed by atoms with Crippen LogP contribution in [0.25, 0.3) is 0 Å². The van der Waals surface area contributed by atoms with E-state index in [0.717, 1.165) is 25.2 Å². The zero-order valence-electron chi connectivity index (χ0n) is 12.0. The number of carbonyl (C=O) groups excluding carboxylic acids is 1. The summed E-state index contributed by atoms with van der Waals surface area (Å²) in [5.41, 5.74) is 0.938. The molecule has 0 aliphatic carbocycles. The summed E-state index contributed by atoms with van der Waals surface area (Å²) in [5.74, 6) is 0.230. The lowest BCUT2D eigenvalue weighted by Crippen LogP contribution is -2.36. The number of carbonyl (C=O) groups is 1. The summed E-state index contributed by atoms with van der Waals surface area (Å²) >= 11 is 1.79. The number of aryl methyl sites for hydroxylation is 1. The van der Waals surface area contributed by atoms with Crippen LogP contribution in [0, 0.1) is 0 Å². The summed E-state index contributed by atoms with van der Waals surface area (Å²) in [6, 6.07) is 4.92. The molecule has 2 aromatic heterocycles. The molecular formula is C15H18N4OS. The summed E-state index contributed by atoms with van der Waals surface area (Å²) in [7, 11) is 1.89. The molecule has 2 aliphatic rings. The van der Waals surface area contributed by atoms with Gasteiger partial charge in [-0.15, -0.1) is 11.3 Å². The lowest BCUT2D eigenvalue weighted by molar-refractivity contribution is -0.117. The molecule has 2 saturated heterocycles. The molecule has 2 aromatic rings. The van der Waals surface area contributed by atoms with Gasteiger partial charge in [0.2, 0.25) is 5.91 Å². The van der Waals surface area contributed by atoms with Gasteiger partial charge in [-0.3, -0.25) is 14.4 Å². The number of thiophene rings is 1. The fourth-order valence-electron chi connectivity index (χ4n) is 3.60. The predicted molar refractivity (Wildman–Crippen MR) is 82.2 cm³/mol. The van der Waals surface area contributed by atoms with E-state index in [1.165, 1.54) is 4.88 Å². The number of likely N-dealkylation sites (tertiary alicyclic amines) is 1. The molecule has 2 fully saturated rings. The van der Waals surface area contributed by atoms with Crippen molar-refractivity contribution >= 4 is 22.9 Å². The summed E-state index contributed by atoms with van der Waals surface area (Å²) in [4.78, 5) is 18.2. The molecule has 1 amide bonds. The molecule has 0 unspecified atom stereocenters. The maximum Gasteiger partial charge on any atom is 0.229 e. The van der Waals surface area contributed by atoms with Crippen LogP contribution in [0.4, 0.5) is 5.69 Å². The maximum atomic E-state index is 12.4. The van der Waals surface area contributed by atoms with Crippen LogP contribution in [0.1, 0.15) is 17.7 Å². The van der Waals surface area contributed by atoms with Gasteiger partial charge in [0.15, 0.2) is 0 Å². The average molecular weight is 302 g/mol. The normalized spacial score (nSPS) is 25.8. The zero-order valence-corrected chi connectivity index (χ0v) is 12.8. The third-order valence-corrected chi connectivity index (χ3v) is 5.38. The van der Waals surface area contributed by atoms with Gasteiger partial charge in [-0.05, 0) is 17.9 Å². The van der Waals surface area contributed by atoms with E-state index in [0.29, 0.717) is 18.5 Å².